The van der Waals surface area contributed by atoms with Crippen molar-refractivity contribution < 1.29 is 22.5 Å². The smallest absolute Gasteiger partial charge is 0.333 e. The number of hydrogen-bond acceptors (Lipinski definition) is 4. The Balaban J connectivity index is 2.53. The van der Waals surface area contributed by atoms with E-state index < -0.39 is 17.5 Å². The number of nitrogens with zero attached hydrogens (tertiary/aromatic N) is 2. The number of hydrogen-bond donors (Lipinski definition) is 0. The van der Waals surface area contributed by atoms with Crippen molar-refractivity contribution in [3.63, 3.8) is 0 Å². The van der Waals surface area contributed by atoms with Gasteiger partial charge in [-0.2, -0.15) is 18.2 Å². The number of aromatic nitrogens is 2. The van der Waals surface area contributed by atoms with Crippen molar-refractivity contribution in [1.29, 1.82) is 0 Å². The molecule has 0 atom stereocenters. The molecule has 2 rings (SSSR count). The minimum absolute atomic E-state index is 0.245. The number of alkyl halides is 3. The zero-order valence-electron chi connectivity index (χ0n) is 9.15. The van der Waals surface area contributed by atoms with Crippen LogP contribution in [0.25, 0.3) is 11.5 Å². The molecule has 0 radical (unpaired) electrons. The van der Waals surface area contributed by atoms with Crippen molar-refractivity contribution >= 4 is 5.78 Å². The van der Waals surface area contributed by atoms with Crippen LogP contribution in [0, 0.1) is 0 Å². The third-order valence-electron chi connectivity index (χ3n) is 2.20. The molecule has 2 aromatic rings. The molecule has 0 fully saturated rings. The molecule has 0 amide bonds. The summed E-state index contributed by atoms with van der Waals surface area (Å²) in [5, 5.41) is 3.31. The fraction of sp³-hybridized carbons (Fsp3) is 0.182. The molecular formula is C11H7F3N2O2. The molecule has 18 heavy (non-hydrogen) atoms. The SMILES string of the molecule is CC(=O)c1noc(-c2ccccc2C(F)(F)F)n1. The van der Waals surface area contributed by atoms with Crippen LogP contribution in [0.4, 0.5) is 13.2 Å². The average Bonchev–Trinajstić information content (AvgIpc) is 2.77. The van der Waals surface area contributed by atoms with Crippen LogP contribution in [0.2, 0.25) is 0 Å². The van der Waals surface area contributed by atoms with Crippen LogP contribution in [-0.4, -0.2) is 15.9 Å². The van der Waals surface area contributed by atoms with Crippen molar-refractivity contribution in [2.24, 2.45) is 0 Å². The third kappa shape index (κ3) is 2.24. The molecule has 0 saturated heterocycles. The third-order valence-corrected chi connectivity index (χ3v) is 2.20. The average molecular weight is 256 g/mol. The van der Waals surface area contributed by atoms with E-state index in [1.165, 1.54) is 25.1 Å². The molecule has 1 aromatic carbocycles. The number of rotatable bonds is 2. The first-order valence-electron chi connectivity index (χ1n) is 4.91. The van der Waals surface area contributed by atoms with E-state index in [4.69, 9.17) is 0 Å². The van der Waals surface area contributed by atoms with Gasteiger partial charge < -0.3 is 4.52 Å². The van der Waals surface area contributed by atoms with E-state index in [-0.39, 0.29) is 17.3 Å². The molecule has 0 bridgehead atoms. The number of carbonyl (C=O) groups is 1. The molecule has 0 saturated carbocycles. The van der Waals surface area contributed by atoms with Crippen LogP contribution in [0.15, 0.2) is 28.8 Å². The van der Waals surface area contributed by atoms with Crippen LogP contribution < -0.4 is 0 Å². The van der Waals surface area contributed by atoms with E-state index in [1.807, 2.05) is 0 Å². The van der Waals surface area contributed by atoms with Crippen molar-refractivity contribution in [2.75, 3.05) is 0 Å². The van der Waals surface area contributed by atoms with Gasteiger partial charge in [-0.25, -0.2) is 0 Å². The summed E-state index contributed by atoms with van der Waals surface area (Å²) in [6.45, 7) is 1.20. The summed E-state index contributed by atoms with van der Waals surface area (Å²) in [7, 11) is 0. The molecule has 1 heterocycles. The van der Waals surface area contributed by atoms with Crippen molar-refractivity contribution in [3.05, 3.63) is 35.7 Å². The predicted octanol–water partition coefficient (Wildman–Crippen LogP) is 2.96. The topological polar surface area (TPSA) is 56.0 Å². The number of ketones is 1. The summed E-state index contributed by atoms with van der Waals surface area (Å²) in [6.07, 6.45) is -4.53. The summed E-state index contributed by atoms with van der Waals surface area (Å²) in [5.74, 6) is -1.05. The number of benzene rings is 1. The molecule has 0 aliphatic rings. The first-order valence-corrected chi connectivity index (χ1v) is 4.91. The normalized spacial score (nSPS) is 11.6. The van der Waals surface area contributed by atoms with Crippen molar-refractivity contribution in [2.45, 2.75) is 13.1 Å². The van der Waals surface area contributed by atoms with Crippen LogP contribution in [0.1, 0.15) is 23.1 Å². The van der Waals surface area contributed by atoms with Gasteiger partial charge in [0.25, 0.3) is 5.89 Å². The van der Waals surface area contributed by atoms with E-state index in [9.17, 15) is 18.0 Å². The van der Waals surface area contributed by atoms with E-state index in [0.717, 1.165) is 6.07 Å². The summed E-state index contributed by atoms with van der Waals surface area (Å²) < 4.78 is 42.9. The number of Topliss-reactive ketones (excluding diaryl/α,β-unsaturated/α-hetero) is 1. The highest BCUT2D eigenvalue weighted by atomic mass is 19.4. The molecule has 1 aromatic heterocycles. The Morgan fingerprint density at radius 2 is 1.94 bits per heavy atom. The highest BCUT2D eigenvalue weighted by molar-refractivity contribution is 5.90. The first kappa shape index (κ1) is 12.3. The molecule has 0 N–H and O–H groups in total. The molecule has 7 heteroatoms. The predicted molar refractivity (Wildman–Crippen MR) is 54.7 cm³/mol. The Labute approximate surface area is 99.4 Å². The van der Waals surface area contributed by atoms with Crippen LogP contribution in [0.5, 0.6) is 0 Å². The van der Waals surface area contributed by atoms with Gasteiger partial charge in [-0.15, -0.1) is 0 Å². The van der Waals surface area contributed by atoms with Gasteiger partial charge in [-0.3, -0.25) is 4.79 Å². The van der Waals surface area contributed by atoms with Gasteiger partial charge in [0.1, 0.15) is 0 Å². The van der Waals surface area contributed by atoms with Gasteiger partial charge in [-0.1, -0.05) is 17.3 Å². The highest BCUT2D eigenvalue weighted by Crippen LogP contribution is 2.36. The van der Waals surface area contributed by atoms with E-state index in [0.29, 0.717) is 0 Å². The van der Waals surface area contributed by atoms with Crippen molar-refractivity contribution in [1.82, 2.24) is 10.1 Å². The minimum Gasteiger partial charge on any atom is -0.333 e. The van der Waals surface area contributed by atoms with Crippen LogP contribution in [-0.2, 0) is 6.18 Å². The van der Waals surface area contributed by atoms with Crippen LogP contribution >= 0.6 is 0 Å². The van der Waals surface area contributed by atoms with Gasteiger partial charge in [-0.05, 0) is 12.1 Å². The minimum atomic E-state index is -4.53. The maximum atomic E-state index is 12.7. The Hall–Kier alpha value is -2.18. The molecule has 0 aliphatic heterocycles. The largest absolute Gasteiger partial charge is 0.417 e. The van der Waals surface area contributed by atoms with E-state index in [2.05, 4.69) is 14.7 Å². The molecular weight excluding hydrogens is 249 g/mol. The number of carbonyl (C=O) groups excluding carboxylic acids is 1. The second-order valence-electron chi connectivity index (χ2n) is 3.52. The zero-order valence-corrected chi connectivity index (χ0v) is 9.15. The summed E-state index contributed by atoms with van der Waals surface area (Å²) in [4.78, 5) is 14.6. The number of halogens is 3. The first-order chi connectivity index (χ1) is 8.39. The lowest BCUT2D eigenvalue weighted by Crippen LogP contribution is -2.07. The van der Waals surface area contributed by atoms with E-state index in [1.54, 1.807) is 0 Å². The second kappa shape index (κ2) is 4.25. The van der Waals surface area contributed by atoms with Gasteiger partial charge in [0.05, 0.1) is 11.1 Å². The monoisotopic (exact) mass is 256 g/mol. The van der Waals surface area contributed by atoms with Crippen molar-refractivity contribution in [3.8, 4) is 11.5 Å². The Bertz CT molecular complexity index is 590. The summed E-state index contributed by atoms with van der Waals surface area (Å²) in [6, 6.07) is 4.80. The zero-order chi connectivity index (χ0) is 13.3. The standard InChI is InChI=1S/C11H7F3N2O2/c1-6(17)9-15-10(18-16-9)7-4-2-3-5-8(7)11(12,13)14/h2-5H,1H3. The summed E-state index contributed by atoms with van der Waals surface area (Å²) >= 11 is 0. The maximum Gasteiger partial charge on any atom is 0.417 e. The van der Waals surface area contributed by atoms with E-state index >= 15 is 0 Å². The quantitative estimate of drug-likeness (QED) is 0.775. The highest BCUT2D eigenvalue weighted by Gasteiger charge is 2.34. The lowest BCUT2D eigenvalue weighted by atomic mass is 10.1. The lowest BCUT2D eigenvalue weighted by Gasteiger charge is -2.09. The summed E-state index contributed by atoms with van der Waals surface area (Å²) in [5.41, 5.74) is -1.13. The molecule has 4 nitrogen and oxygen atoms in total. The molecule has 0 spiro atoms. The molecule has 0 aliphatic carbocycles. The molecule has 94 valence electrons. The fourth-order valence-corrected chi connectivity index (χ4v) is 1.39. The Morgan fingerprint density at radius 1 is 1.28 bits per heavy atom. The Kier molecular flexibility index (Phi) is 2.90. The van der Waals surface area contributed by atoms with Gasteiger partial charge in [0.15, 0.2) is 0 Å². The maximum absolute atomic E-state index is 12.7. The fourth-order valence-electron chi connectivity index (χ4n) is 1.39. The lowest BCUT2D eigenvalue weighted by molar-refractivity contribution is -0.137. The molecule has 0 unspecified atom stereocenters. The van der Waals surface area contributed by atoms with Crippen LogP contribution in [0.3, 0.4) is 0 Å². The van der Waals surface area contributed by atoms with Gasteiger partial charge in [0, 0.05) is 6.92 Å². The second-order valence-corrected chi connectivity index (χ2v) is 3.52. The Morgan fingerprint density at radius 3 is 2.50 bits per heavy atom. The van der Waals surface area contributed by atoms with Gasteiger partial charge in [0.2, 0.25) is 11.6 Å². The van der Waals surface area contributed by atoms with Gasteiger partial charge >= 0.3 is 6.18 Å².